The second-order valence-corrected chi connectivity index (χ2v) is 3.46. The SMILES string of the molecule is O=Cc1ccc(Cl)c(Br)c1Cl. The highest BCUT2D eigenvalue weighted by atomic mass is 79.9. The fourth-order valence-corrected chi connectivity index (χ4v) is 1.41. The number of hydrogen-bond donors (Lipinski definition) is 0. The van der Waals surface area contributed by atoms with Crippen molar-refractivity contribution in [2.75, 3.05) is 0 Å². The summed E-state index contributed by atoms with van der Waals surface area (Å²) >= 11 is 14.6. The molecule has 0 N–H and O–H groups in total. The van der Waals surface area contributed by atoms with Gasteiger partial charge in [0.2, 0.25) is 0 Å². The van der Waals surface area contributed by atoms with Crippen molar-refractivity contribution in [1.82, 2.24) is 0 Å². The van der Waals surface area contributed by atoms with Crippen LogP contribution < -0.4 is 0 Å². The Balaban J connectivity index is 3.36. The predicted octanol–water partition coefficient (Wildman–Crippen LogP) is 3.57. The molecule has 58 valence electrons. The molecular formula is C7H3BrCl2O. The molecule has 0 spiro atoms. The zero-order valence-electron chi connectivity index (χ0n) is 5.27. The number of carbonyl (C=O) groups excluding carboxylic acids is 1. The van der Waals surface area contributed by atoms with E-state index in [9.17, 15) is 4.79 Å². The quantitative estimate of drug-likeness (QED) is 0.553. The van der Waals surface area contributed by atoms with Crippen molar-refractivity contribution >= 4 is 45.4 Å². The van der Waals surface area contributed by atoms with Gasteiger partial charge < -0.3 is 0 Å². The van der Waals surface area contributed by atoms with Gasteiger partial charge in [-0.05, 0) is 28.1 Å². The van der Waals surface area contributed by atoms with Crippen molar-refractivity contribution in [3.05, 3.63) is 32.2 Å². The summed E-state index contributed by atoms with van der Waals surface area (Å²) in [5.74, 6) is 0. The van der Waals surface area contributed by atoms with Crippen molar-refractivity contribution in [2.24, 2.45) is 0 Å². The van der Waals surface area contributed by atoms with Gasteiger partial charge >= 0.3 is 0 Å². The zero-order chi connectivity index (χ0) is 8.43. The van der Waals surface area contributed by atoms with E-state index < -0.39 is 0 Å². The highest BCUT2D eigenvalue weighted by Crippen LogP contribution is 2.31. The van der Waals surface area contributed by atoms with Crippen LogP contribution in [-0.4, -0.2) is 6.29 Å². The van der Waals surface area contributed by atoms with Crippen LogP contribution in [0.3, 0.4) is 0 Å². The molecule has 0 aliphatic rings. The van der Waals surface area contributed by atoms with E-state index in [1.165, 1.54) is 0 Å². The summed E-state index contributed by atoms with van der Waals surface area (Å²) in [7, 11) is 0. The van der Waals surface area contributed by atoms with Gasteiger partial charge in [-0.15, -0.1) is 0 Å². The molecule has 0 fully saturated rings. The number of halogens is 3. The Morgan fingerprint density at radius 1 is 1.36 bits per heavy atom. The van der Waals surface area contributed by atoms with Crippen molar-refractivity contribution < 1.29 is 4.79 Å². The first-order valence-electron chi connectivity index (χ1n) is 2.75. The maximum atomic E-state index is 10.3. The molecule has 0 radical (unpaired) electrons. The lowest BCUT2D eigenvalue weighted by Crippen LogP contribution is -1.82. The Morgan fingerprint density at radius 2 is 2.00 bits per heavy atom. The lowest BCUT2D eigenvalue weighted by Gasteiger charge is -1.99. The van der Waals surface area contributed by atoms with Crippen LogP contribution in [-0.2, 0) is 0 Å². The van der Waals surface area contributed by atoms with Gasteiger partial charge in [0.15, 0.2) is 6.29 Å². The van der Waals surface area contributed by atoms with Crippen molar-refractivity contribution in [2.45, 2.75) is 0 Å². The third-order valence-corrected chi connectivity index (χ3v) is 3.19. The van der Waals surface area contributed by atoms with Crippen LogP contribution in [0.4, 0.5) is 0 Å². The third-order valence-electron chi connectivity index (χ3n) is 1.19. The van der Waals surface area contributed by atoms with Crippen LogP contribution in [0.25, 0.3) is 0 Å². The van der Waals surface area contributed by atoms with Crippen LogP contribution in [0.5, 0.6) is 0 Å². The summed E-state index contributed by atoms with van der Waals surface area (Å²) in [6, 6.07) is 3.18. The van der Waals surface area contributed by atoms with Crippen LogP contribution in [0.15, 0.2) is 16.6 Å². The topological polar surface area (TPSA) is 17.1 Å². The largest absolute Gasteiger partial charge is 0.298 e. The summed E-state index contributed by atoms with van der Waals surface area (Å²) in [6.45, 7) is 0. The summed E-state index contributed by atoms with van der Waals surface area (Å²) in [5, 5.41) is 0.855. The average Bonchev–Trinajstić information content (AvgIpc) is 2.01. The number of carbonyl (C=O) groups is 1. The van der Waals surface area contributed by atoms with Gasteiger partial charge in [-0.3, -0.25) is 4.79 Å². The maximum Gasteiger partial charge on any atom is 0.151 e. The minimum Gasteiger partial charge on any atom is -0.298 e. The summed E-state index contributed by atoms with van der Waals surface area (Å²) in [6.07, 6.45) is 0.684. The Kier molecular flexibility index (Phi) is 2.93. The van der Waals surface area contributed by atoms with E-state index in [-0.39, 0.29) is 0 Å². The molecule has 1 aromatic carbocycles. The predicted molar refractivity (Wildman–Crippen MR) is 49.5 cm³/mol. The minimum absolute atomic E-state index is 0.354. The molecule has 0 saturated heterocycles. The fraction of sp³-hybridized carbons (Fsp3) is 0. The van der Waals surface area contributed by atoms with Crippen molar-refractivity contribution in [3.63, 3.8) is 0 Å². The molecule has 1 nitrogen and oxygen atoms in total. The zero-order valence-corrected chi connectivity index (χ0v) is 8.37. The molecule has 4 heteroatoms. The van der Waals surface area contributed by atoms with E-state index in [2.05, 4.69) is 15.9 Å². The van der Waals surface area contributed by atoms with Crippen LogP contribution in [0.2, 0.25) is 10.0 Å². The lowest BCUT2D eigenvalue weighted by molar-refractivity contribution is 0.112. The molecule has 0 aliphatic heterocycles. The highest BCUT2D eigenvalue weighted by molar-refractivity contribution is 9.10. The van der Waals surface area contributed by atoms with Crippen molar-refractivity contribution in [1.29, 1.82) is 0 Å². The van der Waals surface area contributed by atoms with Gasteiger partial charge in [0, 0.05) is 5.56 Å². The molecule has 0 heterocycles. The molecule has 0 bridgehead atoms. The van der Waals surface area contributed by atoms with Gasteiger partial charge in [0.25, 0.3) is 0 Å². The van der Waals surface area contributed by atoms with Gasteiger partial charge in [0.1, 0.15) is 0 Å². The fourth-order valence-electron chi connectivity index (χ4n) is 0.632. The second-order valence-electron chi connectivity index (χ2n) is 1.88. The van der Waals surface area contributed by atoms with Gasteiger partial charge in [0.05, 0.1) is 14.5 Å². The Morgan fingerprint density at radius 3 is 2.55 bits per heavy atom. The third kappa shape index (κ3) is 1.75. The molecule has 0 saturated carbocycles. The normalized spacial score (nSPS) is 9.73. The monoisotopic (exact) mass is 252 g/mol. The molecule has 0 aromatic heterocycles. The highest BCUT2D eigenvalue weighted by Gasteiger charge is 2.06. The van der Waals surface area contributed by atoms with Gasteiger partial charge in [-0.25, -0.2) is 0 Å². The number of rotatable bonds is 1. The molecule has 0 unspecified atom stereocenters. The first kappa shape index (κ1) is 9.04. The molecule has 0 atom stereocenters. The average molecular weight is 254 g/mol. The molecule has 11 heavy (non-hydrogen) atoms. The first-order valence-corrected chi connectivity index (χ1v) is 4.30. The molecule has 0 amide bonds. The minimum atomic E-state index is 0.354. The Labute approximate surface area is 82.4 Å². The summed E-state index contributed by atoms with van der Waals surface area (Å²) in [4.78, 5) is 10.3. The molecule has 1 aromatic rings. The number of hydrogen-bond acceptors (Lipinski definition) is 1. The van der Waals surface area contributed by atoms with E-state index in [1.807, 2.05) is 0 Å². The van der Waals surface area contributed by atoms with E-state index in [0.717, 1.165) is 0 Å². The summed E-state index contributed by atoms with van der Waals surface area (Å²) < 4.78 is 0.561. The van der Waals surface area contributed by atoms with Crippen LogP contribution >= 0.6 is 39.1 Å². The first-order chi connectivity index (χ1) is 5.16. The second kappa shape index (κ2) is 3.57. The smallest absolute Gasteiger partial charge is 0.151 e. The van der Waals surface area contributed by atoms with Crippen molar-refractivity contribution in [3.8, 4) is 0 Å². The van der Waals surface area contributed by atoms with Crippen LogP contribution in [0, 0.1) is 0 Å². The molecular weight excluding hydrogens is 251 g/mol. The standard InChI is InChI=1S/C7H3BrCl2O/c8-6-5(9)2-1-4(3-11)7(6)10/h1-3H. The van der Waals surface area contributed by atoms with E-state index in [1.54, 1.807) is 12.1 Å². The van der Waals surface area contributed by atoms with Gasteiger partial charge in [-0.2, -0.15) is 0 Å². The Hall–Kier alpha value is -0.0500. The summed E-state index contributed by atoms with van der Waals surface area (Å²) in [5.41, 5.74) is 0.433. The number of benzene rings is 1. The lowest BCUT2D eigenvalue weighted by atomic mass is 10.2. The van der Waals surface area contributed by atoms with Crippen LogP contribution in [0.1, 0.15) is 10.4 Å². The van der Waals surface area contributed by atoms with Gasteiger partial charge in [-0.1, -0.05) is 23.2 Å². The van der Waals surface area contributed by atoms with E-state index >= 15 is 0 Å². The Bertz CT molecular complexity index is 299. The number of aldehydes is 1. The van der Waals surface area contributed by atoms with E-state index in [4.69, 9.17) is 23.2 Å². The molecule has 0 aliphatic carbocycles. The maximum absolute atomic E-state index is 10.3. The molecule has 1 rings (SSSR count). The van der Waals surface area contributed by atoms with E-state index in [0.29, 0.717) is 26.4 Å².